The lowest BCUT2D eigenvalue weighted by Gasteiger charge is -2.35. The minimum absolute atomic E-state index is 0.222. The van der Waals surface area contributed by atoms with Crippen molar-refractivity contribution in [1.82, 2.24) is 24.2 Å². The third-order valence-corrected chi connectivity index (χ3v) is 7.76. The van der Waals surface area contributed by atoms with Crippen molar-refractivity contribution in [2.75, 3.05) is 31.2 Å². The number of aryl methyl sites for hydroxylation is 1. The number of rotatable bonds is 5. The molecule has 0 amide bonds. The first-order chi connectivity index (χ1) is 15.2. The first-order valence-corrected chi connectivity index (χ1v) is 11.8. The highest BCUT2D eigenvalue weighted by atomic mass is 32.2. The van der Waals surface area contributed by atoms with Crippen LogP contribution < -0.4 is 11.1 Å². The maximum atomic E-state index is 12.6. The largest absolute Gasteiger partial charge is 0.483 e. The molecule has 32 heavy (non-hydrogen) atoms. The molecule has 0 atom stereocenters. The van der Waals surface area contributed by atoms with Crippen LogP contribution in [0.25, 0.3) is 11.5 Å². The highest BCUT2D eigenvalue weighted by molar-refractivity contribution is 7.92. The number of hydrogen-bond acceptors (Lipinski definition) is 11. The average Bonchev–Trinajstić information content (AvgIpc) is 3.21. The number of hydrogen-bond donors (Lipinski definition) is 3. The number of aromatic nitrogens is 4. The summed E-state index contributed by atoms with van der Waals surface area (Å²) in [4.78, 5) is 23.5. The van der Waals surface area contributed by atoms with Crippen LogP contribution in [0, 0.1) is 13.8 Å². The quantitative estimate of drug-likeness (QED) is 0.458. The van der Waals surface area contributed by atoms with Gasteiger partial charge in [-0.2, -0.15) is 9.36 Å². The fraction of sp³-hybridized carbons (Fsp3) is 0.316. The van der Waals surface area contributed by atoms with Gasteiger partial charge in [-0.1, -0.05) is 0 Å². The molecule has 13 heteroatoms. The molecule has 4 heterocycles. The summed E-state index contributed by atoms with van der Waals surface area (Å²) in [7, 11) is -1.46. The van der Waals surface area contributed by atoms with Crippen LogP contribution >= 0.6 is 11.5 Å². The third kappa shape index (κ3) is 4.84. The zero-order valence-electron chi connectivity index (χ0n) is 17.7. The van der Waals surface area contributed by atoms with Crippen molar-refractivity contribution in [3.05, 3.63) is 35.7 Å². The van der Waals surface area contributed by atoms with Crippen molar-refractivity contribution in [3.8, 4) is 11.5 Å². The number of nitrogens with one attached hydrogen (secondary N) is 1. The van der Waals surface area contributed by atoms with E-state index in [0.29, 0.717) is 41.2 Å². The van der Waals surface area contributed by atoms with Crippen molar-refractivity contribution < 1.29 is 18.3 Å². The molecule has 3 aromatic heterocycles. The molecule has 0 aliphatic carbocycles. The summed E-state index contributed by atoms with van der Waals surface area (Å²) < 4.78 is 29.4. The van der Waals surface area contributed by atoms with E-state index in [1.165, 1.54) is 6.20 Å². The van der Waals surface area contributed by atoms with E-state index in [1.54, 1.807) is 18.3 Å². The van der Waals surface area contributed by atoms with Crippen molar-refractivity contribution in [2.45, 2.75) is 24.0 Å². The Morgan fingerprint density at radius 3 is 2.53 bits per heavy atom. The fourth-order valence-electron chi connectivity index (χ4n) is 3.01. The molecule has 0 aromatic carbocycles. The Kier molecular flexibility index (Phi) is 7.01. The van der Waals surface area contributed by atoms with E-state index in [2.05, 4.69) is 24.6 Å². The van der Waals surface area contributed by atoms with E-state index >= 15 is 0 Å². The molecular formula is C19H23N7O4S2. The normalized spacial score (nSPS) is 14.2. The zero-order chi connectivity index (χ0) is 23.5. The van der Waals surface area contributed by atoms with E-state index in [0.717, 1.165) is 22.7 Å². The summed E-state index contributed by atoms with van der Waals surface area (Å²) in [5, 5.41) is 10.1. The summed E-state index contributed by atoms with van der Waals surface area (Å²) in [6.45, 7) is 4.72. The summed E-state index contributed by atoms with van der Waals surface area (Å²) >= 11 is 1.15. The lowest BCUT2D eigenvalue weighted by Crippen LogP contribution is -2.52. The van der Waals surface area contributed by atoms with Gasteiger partial charge < -0.3 is 21.1 Å². The Bertz CT molecular complexity index is 1210. The SMILES string of the molecule is Cc1cnc(Nc2nc(-c3ccc(S(=O)(=O)C4CN(C)C4)cn3)ns2)c(N)c1C.O=CO. The van der Waals surface area contributed by atoms with E-state index in [1.807, 2.05) is 25.8 Å². The monoisotopic (exact) mass is 477 g/mol. The average molecular weight is 478 g/mol. The predicted molar refractivity (Wildman–Crippen MR) is 122 cm³/mol. The molecule has 0 radical (unpaired) electrons. The molecule has 11 nitrogen and oxygen atoms in total. The van der Waals surface area contributed by atoms with Crippen molar-refractivity contribution in [3.63, 3.8) is 0 Å². The number of carbonyl (C=O) groups is 1. The molecule has 1 saturated heterocycles. The molecule has 1 aliphatic heterocycles. The van der Waals surface area contributed by atoms with Gasteiger partial charge in [0.05, 0.1) is 15.8 Å². The Hall–Kier alpha value is -3.16. The van der Waals surface area contributed by atoms with E-state index in [4.69, 9.17) is 15.6 Å². The van der Waals surface area contributed by atoms with Gasteiger partial charge in [-0.3, -0.25) is 9.78 Å². The second-order valence-corrected chi connectivity index (χ2v) is 10.2. The lowest BCUT2D eigenvalue weighted by atomic mass is 10.1. The van der Waals surface area contributed by atoms with Gasteiger partial charge in [-0.25, -0.2) is 13.4 Å². The second-order valence-electron chi connectivity index (χ2n) is 7.25. The Morgan fingerprint density at radius 2 is 1.94 bits per heavy atom. The van der Waals surface area contributed by atoms with Gasteiger partial charge in [0.1, 0.15) is 5.69 Å². The van der Waals surface area contributed by atoms with Crippen molar-refractivity contribution >= 4 is 44.5 Å². The Labute approximate surface area is 189 Å². The number of carboxylic acid groups (broad SMARTS) is 1. The summed E-state index contributed by atoms with van der Waals surface area (Å²) in [5.41, 5.74) is 9.15. The third-order valence-electron chi connectivity index (χ3n) is 5.05. The number of pyridine rings is 2. The highest BCUT2D eigenvalue weighted by Crippen LogP contribution is 2.28. The molecule has 0 spiro atoms. The highest BCUT2D eigenvalue weighted by Gasteiger charge is 2.36. The molecule has 170 valence electrons. The number of likely N-dealkylation sites (tertiary alicyclic amines) is 1. The zero-order valence-corrected chi connectivity index (χ0v) is 19.3. The summed E-state index contributed by atoms with van der Waals surface area (Å²) in [6.07, 6.45) is 3.12. The van der Waals surface area contributed by atoms with E-state index < -0.39 is 9.84 Å². The van der Waals surface area contributed by atoms with Crippen LogP contribution in [0.1, 0.15) is 11.1 Å². The van der Waals surface area contributed by atoms with Gasteiger partial charge in [-0.15, -0.1) is 0 Å². The maximum absolute atomic E-state index is 12.6. The van der Waals surface area contributed by atoms with E-state index in [-0.39, 0.29) is 16.6 Å². The number of nitrogen functional groups attached to an aromatic ring is 1. The molecule has 1 aliphatic rings. The standard InChI is InChI=1S/C18H21N7O2S2.CH2O2/c1-10-6-21-17(15(19)11(10)2)23-18-22-16(24-28-18)14-5-4-12(7-20-14)29(26,27)13-8-25(3)9-13;2-1-3/h4-7,13H,8-9,19H2,1-3H3,(H,21,22,23,24);1H,(H,2,3). The Morgan fingerprint density at radius 1 is 1.25 bits per heavy atom. The van der Waals surface area contributed by atoms with Gasteiger partial charge in [-0.05, 0) is 44.2 Å². The smallest absolute Gasteiger partial charge is 0.290 e. The van der Waals surface area contributed by atoms with Gasteiger partial charge in [0, 0.05) is 37.0 Å². The molecule has 3 aromatic rings. The topological polar surface area (TPSA) is 164 Å². The van der Waals surface area contributed by atoms with Crippen LogP contribution in [-0.4, -0.2) is 69.6 Å². The summed E-state index contributed by atoms with van der Waals surface area (Å²) in [6, 6.07) is 3.19. The lowest BCUT2D eigenvalue weighted by molar-refractivity contribution is -0.122. The van der Waals surface area contributed by atoms with Gasteiger partial charge in [0.15, 0.2) is 21.5 Å². The second kappa shape index (κ2) is 9.54. The molecule has 0 saturated carbocycles. The van der Waals surface area contributed by atoms with Crippen LogP contribution in [0.2, 0.25) is 0 Å². The van der Waals surface area contributed by atoms with Crippen LogP contribution in [0.15, 0.2) is 29.4 Å². The van der Waals surface area contributed by atoms with Gasteiger partial charge >= 0.3 is 0 Å². The van der Waals surface area contributed by atoms with Crippen molar-refractivity contribution in [1.29, 1.82) is 0 Å². The van der Waals surface area contributed by atoms with Gasteiger partial charge in [0.2, 0.25) is 5.13 Å². The first-order valence-electron chi connectivity index (χ1n) is 9.46. The fourth-order valence-corrected chi connectivity index (χ4v) is 5.33. The molecule has 0 unspecified atom stereocenters. The Balaban J connectivity index is 0.000000913. The maximum Gasteiger partial charge on any atom is 0.290 e. The summed E-state index contributed by atoms with van der Waals surface area (Å²) in [5.74, 6) is 0.933. The molecule has 4 rings (SSSR count). The molecule has 1 fully saturated rings. The minimum Gasteiger partial charge on any atom is -0.483 e. The number of sulfone groups is 1. The molecular weight excluding hydrogens is 454 g/mol. The van der Waals surface area contributed by atoms with Crippen LogP contribution in [0.5, 0.6) is 0 Å². The van der Waals surface area contributed by atoms with Crippen LogP contribution in [0.3, 0.4) is 0 Å². The van der Waals surface area contributed by atoms with E-state index in [9.17, 15) is 8.42 Å². The minimum atomic E-state index is -3.36. The first kappa shape index (κ1) is 23.5. The van der Waals surface area contributed by atoms with Crippen LogP contribution in [-0.2, 0) is 14.6 Å². The van der Waals surface area contributed by atoms with Crippen molar-refractivity contribution in [2.24, 2.45) is 0 Å². The number of nitrogens with zero attached hydrogens (tertiary/aromatic N) is 5. The van der Waals surface area contributed by atoms with Gasteiger partial charge in [0.25, 0.3) is 6.47 Å². The predicted octanol–water partition coefficient (Wildman–Crippen LogP) is 1.73. The molecule has 0 bridgehead atoms. The molecule has 4 N–H and O–H groups in total. The van der Waals surface area contributed by atoms with Crippen LogP contribution in [0.4, 0.5) is 16.6 Å². The number of nitrogens with two attached hydrogens (primary N) is 1. The number of anilines is 3.